The number of nitrogens with zero attached hydrogens (tertiary/aromatic N) is 2. The van der Waals surface area contributed by atoms with Gasteiger partial charge in [0, 0.05) is 5.92 Å². The minimum atomic E-state index is -0.138. The predicted molar refractivity (Wildman–Crippen MR) is 106 cm³/mol. The van der Waals surface area contributed by atoms with Gasteiger partial charge in [0.25, 0.3) is 5.91 Å². The SMILES string of the molecule is O=C(CCl)N1N=C2/C(=C\c3ccccc3)CCC[C@H]2[C@@H]1c1ccccc1. The molecule has 1 fully saturated rings. The molecule has 1 saturated carbocycles. The van der Waals surface area contributed by atoms with Gasteiger partial charge in [0.05, 0.1) is 11.8 Å². The van der Waals surface area contributed by atoms with Crippen molar-refractivity contribution in [3.05, 3.63) is 77.4 Å². The molecule has 0 N–H and O–H groups in total. The average Bonchev–Trinajstić information content (AvgIpc) is 3.09. The number of fused-ring (bicyclic) bond motifs is 1. The number of rotatable bonds is 3. The van der Waals surface area contributed by atoms with Crippen molar-refractivity contribution < 1.29 is 4.79 Å². The van der Waals surface area contributed by atoms with E-state index in [0.29, 0.717) is 0 Å². The van der Waals surface area contributed by atoms with Crippen LogP contribution in [-0.4, -0.2) is 22.5 Å². The number of hydrogen-bond acceptors (Lipinski definition) is 2. The molecule has 2 aromatic rings. The van der Waals surface area contributed by atoms with Gasteiger partial charge in [0.15, 0.2) is 0 Å². The summed E-state index contributed by atoms with van der Waals surface area (Å²) in [4.78, 5) is 12.5. The molecule has 2 aliphatic rings. The van der Waals surface area contributed by atoms with Crippen LogP contribution in [0.4, 0.5) is 0 Å². The van der Waals surface area contributed by atoms with Crippen LogP contribution in [0.3, 0.4) is 0 Å². The standard InChI is InChI=1S/C22H21ClN2O/c23-15-20(26)25-22(17-10-5-2-6-11-17)19-13-7-12-18(21(19)24-25)14-16-8-3-1-4-9-16/h1-6,8-11,14,19,22H,7,12-13,15H2/b18-14-/t19-,22+/m1/s1. The quantitative estimate of drug-likeness (QED) is 0.701. The Morgan fingerprint density at radius 2 is 1.81 bits per heavy atom. The Bertz CT molecular complexity index is 845. The van der Waals surface area contributed by atoms with Gasteiger partial charge in [-0.25, -0.2) is 5.01 Å². The Morgan fingerprint density at radius 3 is 2.50 bits per heavy atom. The second-order valence-electron chi connectivity index (χ2n) is 6.79. The predicted octanol–water partition coefficient (Wildman–Crippen LogP) is 5.05. The largest absolute Gasteiger partial charge is 0.272 e. The zero-order valence-corrected chi connectivity index (χ0v) is 15.3. The van der Waals surface area contributed by atoms with E-state index in [1.165, 1.54) is 11.1 Å². The van der Waals surface area contributed by atoms with E-state index in [0.717, 1.165) is 30.5 Å². The molecule has 1 aliphatic heterocycles. The van der Waals surface area contributed by atoms with E-state index in [2.05, 4.69) is 30.3 Å². The Balaban J connectivity index is 1.74. The highest BCUT2D eigenvalue weighted by Crippen LogP contribution is 2.44. The maximum atomic E-state index is 12.5. The molecule has 2 atom stereocenters. The van der Waals surface area contributed by atoms with Crippen molar-refractivity contribution in [3.63, 3.8) is 0 Å². The van der Waals surface area contributed by atoms with Crippen molar-refractivity contribution in [1.82, 2.24) is 5.01 Å². The monoisotopic (exact) mass is 364 g/mol. The van der Waals surface area contributed by atoms with E-state index in [9.17, 15) is 4.79 Å². The van der Waals surface area contributed by atoms with Gasteiger partial charge in [-0.15, -0.1) is 11.6 Å². The minimum absolute atomic E-state index is 0.0510. The number of hydrazone groups is 1. The number of amides is 1. The first-order chi connectivity index (χ1) is 12.8. The van der Waals surface area contributed by atoms with Crippen molar-refractivity contribution in [2.45, 2.75) is 25.3 Å². The van der Waals surface area contributed by atoms with Gasteiger partial charge in [-0.1, -0.05) is 60.7 Å². The lowest BCUT2D eigenvalue weighted by Gasteiger charge is -2.29. The van der Waals surface area contributed by atoms with Crippen molar-refractivity contribution in [1.29, 1.82) is 0 Å². The summed E-state index contributed by atoms with van der Waals surface area (Å²) in [6.07, 6.45) is 5.35. The normalized spacial score (nSPS) is 23.7. The molecule has 1 amide bonds. The third-order valence-electron chi connectivity index (χ3n) is 5.15. The molecule has 0 spiro atoms. The zero-order chi connectivity index (χ0) is 17.9. The van der Waals surface area contributed by atoms with Gasteiger partial charge >= 0.3 is 0 Å². The van der Waals surface area contributed by atoms with Gasteiger partial charge in [-0.05, 0) is 42.0 Å². The molecule has 1 aliphatic carbocycles. The molecule has 0 unspecified atom stereocenters. The first-order valence-electron chi connectivity index (χ1n) is 9.05. The maximum absolute atomic E-state index is 12.5. The first kappa shape index (κ1) is 17.0. The van der Waals surface area contributed by atoms with Gasteiger partial charge in [0.2, 0.25) is 0 Å². The van der Waals surface area contributed by atoms with Crippen LogP contribution in [0.15, 0.2) is 71.3 Å². The van der Waals surface area contributed by atoms with Crippen LogP contribution in [0.5, 0.6) is 0 Å². The van der Waals surface area contributed by atoms with Crippen LogP contribution < -0.4 is 0 Å². The van der Waals surface area contributed by atoms with Crippen LogP contribution in [0.1, 0.15) is 36.4 Å². The third-order valence-corrected chi connectivity index (χ3v) is 5.38. The Hall–Kier alpha value is -2.39. The fourth-order valence-electron chi connectivity index (χ4n) is 4.00. The lowest BCUT2D eigenvalue weighted by Crippen LogP contribution is -2.32. The number of allylic oxidation sites excluding steroid dienone is 1. The Kier molecular flexibility index (Phi) is 4.89. The van der Waals surface area contributed by atoms with Crippen LogP contribution >= 0.6 is 11.6 Å². The summed E-state index contributed by atoms with van der Waals surface area (Å²) in [7, 11) is 0. The fourth-order valence-corrected chi connectivity index (χ4v) is 4.12. The van der Waals surface area contributed by atoms with Gasteiger partial charge in [-0.2, -0.15) is 5.10 Å². The molecule has 0 radical (unpaired) electrons. The summed E-state index contributed by atoms with van der Waals surface area (Å²) in [5.74, 6) is 0.0413. The number of hydrogen-bond donors (Lipinski definition) is 0. The molecule has 3 nitrogen and oxygen atoms in total. The van der Waals surface area contributed by atoms with Crippen molar-refractivity contribution in [3.8, 4) is 0 Å². The van der Waals surface area contributed by atoms with E-state index in [1.54, 1.807) is 5.01 Å². The van der Waals surface area contributed by atoms with E-state index in [1.807, 2.05) is 36.4 Å². The minimum Gasteiger partial charge on any atom is -0.272 e. The fraction of sp³-hybridized carbons (Fsp3) is 0.273. The molecule has 0 saturated heterocycles. The number of benzene rings is 2. The number of halogens is 1. The first-order valence-corrected chi connectivity index (χ1v) is 9.59. The summed E-state index contributed by atoms with van der Waals surface area (Å²) in [6, 6.07) is 20.4. The maximum Gasteiger partial charge on any atom is 0.258 e. The molecule has 1 heterocycles. The molecule has 4 rings (SSSR count). The Labute approximate surface area is 159 Å². The summed E-state index contributed by atoms with van der Waals surface area (Å²) < 4.78 is 0. The van der Waals surface area contributed by atoms with Crippen LogP contribution in [-0.2, 0) is 4.79 Å². The molecular weight excluding hydrogens is 344 g/mol. The van der Waals surface area contributed by atoms with Crippen LogP contribution in [0, 0.1) is 5.92 Å². The molecule has 132 valence electrons. The van der Waals surface area contributed by atoms with Crippen LogP contribution in [0.2, 0.25) is 0 Å². The topological polar surface area (TPSA) is 32.7 Å². The van der Waals surface area contributed by atoms with Crippen molar-refractivity contribution >= 4 is 29.3 Å². The summed E-state index contributed by atoms with van der Waals surface area (Å²) in [6.45, 7) is 0. The smallest absolute Gasteiger partial charge is 0.258 e. The molecule has 0 bridgehead atoms. The number of carbonyl (C=O) groups excluding carboxylic acids is 1. The Morgan fingerprint density at radius 1 is 1.12 bits per heavy atom. The molecule has 0 aromatic heterocycles. The second-order valence-corrected chi connectivity index (χ2v) is 7.06. The van der Waals surface area contributed by atoms with Gasteiger partial charge < -0.3 is 0 Å². The van der Waals surface area contributed by atoms with Crippen molar-refractivity contribution in [2.24, 2.45) is 11.0 Å². The lowest BCUT2D eigenvalue weighted by atomic mass is 9.77. The van der Waals surface area contributed by atoms with Crippen LogP contribution in [0.25, 0.3) is 6.08 Å². The van der Waals surface area contributed by atoms with E-state index in [-0.39, 0.29) is 23.7 Å². The van der Waals surface area contributed by atoms with Crippen molar-refractivity contribution in [2.75, 3.05) is 5.88 Å². The highest BCUT2D eigenvalue weighted by Gasteiger charge is 2.43. The average molecular weight is 365 g/mol. The highest BCUT2D eigenvalue weighted by atomic mass is 35.5. The van der Waals surface area contributed by atoms with Gasteiger partial charge in [-0.3, -0.25) is 4.79 Å². The van der Waals surface area contributed by atoms with E-state index >= 15 is 0 Å². The van der Waals surface area contributed by atoms with E-state index < -0.39 is 0 Å². The van der Waals surface area contributed by atoms with E-state index in [4.69, 9.17) is 16.7 Å². The number of alkyl halides is 1. The number of carbonyl (C=O) groups is 1. The molecule has 2 aromatic carbocycles. The molecule has 26 heavy (non-hydrogen) atoms. The summed E-state index contributed by atoms with van der Waals surface area (Å²) >= 11 is 5.87. The lowest BCUT2D eigenvalue weighted by molar-refractivity contribution is -0.130. The summed E-state index contributed by atoms with van der Waals surface area (Å²) in [5.41, 5.74) is 4.57. The molecule has 4 heteroatoms. The second kappa shape index (κ2) is 7.46. The summed E-state index contributed by atoms with van der Waals surface area (Å²) in [5, 5.41) is 6.38. The zero-order valence-electron chi connectivity index (χ0n) is 14.5. The van der Waals surface area contributed by atoms with Gasteiger partial charge in [0.1, 0.15) is 5.88 Å². The third kappa shape index (κ3) is 3.19. The molecular formula is C22H21ClN2O. The highest BCUT2D eigenvalue weighted by molar-refractivity contribution is 6.27.